The quantitative estimate of drug-likeness (QED) is 0.628. The summed E-state index contributed by atoms with van der Waals surface area (Å²) in [6, 6.07) is 7.80. The van der Waals surface area contributed by atoms with Crippen LogP contribution in [0.15, 0.2) is 41.6 Å². The predicted octanol–water partition coefficient (Wildman–Crippen LogP) is 2.31. The van der Waals surface area contributed by atoms with Crippen LogP contribution in [-0.2, 0) is 0 Å². The van der Waals surface area contributed by atoms with Gasteiger partial charge in [0.25, 0.3) is 0 Å². The first-order chi connectivity index (χ1) is 7.84. The van der Waals surface area contributed by atoms with Crippen LogP contribution < -0.4 is 0 Å². The topological polar surface area (TPSA) is 54.5 Å². The van der Waals surface area contributed by atoms with Gasteiger partial charge in [-0.3, -0.25) is 0 Å². The minimum atomic E-state index is 0.787. The van der Waals surface area contributed by atoms with E-state index in [9.17, 15) is 0 Å². The maximum absolute atomic E-state index is 4.44. The molecule has 0 saturated carbocycles. The molecule has 0 aliphatic heterocycles. The summed E-state index contributed by atoms with van der Waals surface area (Å²) in [6.07, 6.45) is 3.30. The molecule has 0 amide bonds. The van der Waals surface area contributed by atoms with Crippen molar-refractivity contribution in [2.75, 3.05) is 0 Å². The number of aromatic nitrogens is 4. The van der Waals surface area contributed by atoms with Gasteiger partial charge in [-0.2, -0.15) is 10.2 Å². The number of H-pyrrole nitrogens is 1. The van der Waals surface area contributed by atoms with Crippen LogP contribution in [-0.4, -0.2) is 20.2 Å². The molecule has 78 valence electrons. The Kier molecular flexibility index (Phi) is 2.11. The van der Waals surface area contributed by atoms with Gasteiger partial charge >= 0.3 is 0 Å². The van der Waals surface area contributed by atoms with E-state index in [1.54, 1.807) is 12.4 Å². The fourth-order valence-electron chi connectivity index (χ4n) is 1.58. The van der Waals surface area contributed by atoms with Gasteiger partial charge in [-0.05, 0) is 6.07 Å². The van der Waals surface area contributed by atoms with Gasteiger partial charge < -0.3 is 4.98 Å². The standard InChI is InChI=1S/C11H8N4S/c16-10-4-2-1-3-7(10)11-14-8-5-12-13-6-9(8)15-11/h1-6,16H,(H,14,15). The van der Waals surface area contributed by atoms with Crippen molar-refractivity contribution in [2.24, 2.45) is 0 Å². The first kappa shape index (κ1) is 9.35. The van der Waals surface area contributed by atoms with Crippen LogP contribution >= 0.6 is 12.6 Å². The normalized spacial score (nSPS) is 10.8. The number of imidazole rings is 1. The highest BCUT2D eigenvalue weighted by Crippen LogP contribution is 2.25. The molecule has 2 heterocycles. The van der Waals surface area contributed by atoms with Gasteiger partial charge in [-0.1, -0.05) is 18.2 Å². The summed E-state index contributed by atoms with van der Waals surface area (Å²) in [6.45, 7) is 0. The van der Waals surface area contributed by atoms with Crippen LogP contribution in [0, 0.1) is 0 Å². The lowest BCUT2D eigenvalue weighted by atomic mass is 10.2. The molecule has 0 radical (unpaired) electrons. The van der Waals surface area contributed by atoms with Crippen LogP contribution in [0.25, 0.3) is 22.4 Å². The van der Waals surface area contributed by atoms with Gasteiger partial charge in [-0.15, -0.1) is 12.6 Å². The lowest BCUT2D eigenvalue weighted by Crippen LogP contribution is -1.81. The lowest BCUT2D eigenvalue weighted by molar-refractivity contribution is 1.05. The zero-order valence-electron chi connectivity index (χ0n) is 8.25. The summed E-state index contributed by atoms with van der Waals surface area (Å²) in [5.41, 5.74) is 2.66. The summed E-state index contributed by atoms with van der Waals surface area (Å²) < 4.78 is 0. The number of aromatic amines is 1. The first-order valence-electron chi connectivity index (χ1n) is 4.79. The third kappa shape index (κ3) is 1.45. The Morgan fingerprint density at radius 3 is 2.69 bits per heavy atom. The molecule has 0 aliphatic carbocycles. The highest BCUT2D eigenvalue weighted by atomic mass is 32.1. The number of hydrogen-bond donors (Lipinski definition) is 2. The second kappa shape index (κ2) is 3.61. The Labute approximate surface area is 97.2 Å². The van der Waals surface area contributed by atoms with Gasteiger partial charge in [0.15, 0.2) is 0 Å². The van der Waals surface area contributed by atoms with E-state index in [2.05, 4.69) is 32.8 Å². The average molecular weight is 228 g/mol. The Hall–Kier alpha value is -1.88. The molecule has 0 unspecified atom stereocenters. The summed E-state index contributed by atoms with van der Waals surface area (Å²) in [7, 11) is 0. The van der Waals surface area contributed by atoms with Crippen molar-refractivity contribution in [3.05, 3.63) is 36.7 Å². The van der Waals surface area contributed by atoms with E-state index < -0.39 is 0 Å². The van der Waals surface area contributed by atoms with Crippen molar-refractivity contribution < 1.29 is 0 Å². The number of rotatable bonds is 1. The van der Waals surface area contributed by atoms with E-state index in [1.165, 1.54) is 0 Å². The van der Waals surface area contributed by atoms with Gasteiger partial charge in [0, 0.05) is 10.5 Å². The molecule has 3 rings (SSSR count). The Bertz CT molecular complexity index is 614. The molecule has 16 heavy (non-hydrogen) atoms. The molecule has 0 aliphatic rings. The van der Waals surface area contributed by atoms with Crippen LogP contribution in [0.2, 0.25) is 0 Å². The van der Waals surface area contributed by atoms with E-state index in [4.69, 9.17) is 0 Å². The first-order valence-corrected chi connectivity index (χ1v) is 5.24. The van der Waals surface area contributed by atoms with Crippen LogP contribution in [0.4, 0.5) is 0 Å². The second-order valence-corrected chi connectivity index (χ2v) is 3.87. The average Bonchev–Trinajstić information content (AvgIpc) is 2.73. The van der Waals surface area contributed by atoms with E-state index in [1.807, 2.05) is 24.3 Å². The smallest absolute Gasteiger partial charge is 0.139 e. The molecule has 2 aromatic heterocycles. The van der Waals surface area contributed by atoms with E-state index in [0.29, 0.717) is 0 Å². The summed E-state index contributed by atoms with van der Waals surface area (Å²) >= 11 is 4.40. The molecule has 0 saturated heterocycles. The molecule has 0 spiro atoms. The molecular weight excluding hydrogens is 220 g/mol. The number of fused-ring (bicyclic) bond motifs is 1. The van der Waals surface area contributed by atoms with Gasteiger partial charge in [-0.25, -0.2) is 4.98 Å². The largest absolute Gasteiger partial charge is 0.337 e. The Morgan fingerprint density at radius 2 is 1.88 bits per heavy atom. The monoisotopic (exact) mass is 228 g/mol. The summed E-state index contributed by atoms with van der Waals surface area (Å²) in [5.74, 6) is 0.787. The van der Waals surface area contributed by atoms with E-state index in [0.717, 1.165) is 27.3 Å². The van der Waals surface area contributed by atoms with Crippen LogP contribution in [0.1, 0.15) is 0 Å². The molecule has 0 bridgehead atoms. The lowest BCUT2D eigenvalue weighted by Gasteiger charge is -1.99. The Morgan fingerprint density at radius 1 is 1.06 bits per heavy atom. The van der Waals surface area contributed by atoms with Crippen molar-refractivity contribution in [1.82, 2.24) is 20.2 Å². The van der Waals surface area contributed by atoms with Gasteiger partial charge in [0.05, 0.1) is 17.9 Å². The number of nitrogens with one attached hydrogen (secondary N) is 1. The van der Waals surface area contributed by atoms with E-state index in [-0.39, 0.29) is 0 Å². The maximum Gasteiger partial charge on any atom is 0.139 e. The molecular formula is C11H8N4S. The minimum Gasteiger partial charge on any atom is -0.337 e. The van der Waals surface area contributed by atoms with Crippen molar-refractivity contribution in [3.63, 3.8) is 0 Å². The number of hydrogen-bond acceptors (Lipinski definition) is 4. The van der Waals surface area contributed by atoms with Crippen LogP contribution in [0.5, 0.6) is 0 Å². The number of benzene rings is 1. The molecule has 1 aromatic carbocycles. The SMILES string of the molecule is Sc1ccccc1-c1nc2cnncc2[nH]1. The Balaban J connectivity index is 2.23. The fraction of sp³-hybridized carbons (Fsp3) is 0. The van der Waals surface area contributed by atoms with Gasteiger partial charge in [0.2, 0.25) is 0 Å². The molecule has 0 fully saturated rings. The molecule has 0 atom stereocenters. The van der Waals surface area contributed by atoms with Gasteiger partial charge in [0.1, 0.15) is 11.3 Å². The highest BCUT2D eigenvalue weighted by Gasteiger charge is 2.07. The van der Waals surface area contributed by atoms with E-state index >= 15 is 0 Å². The van der Waals surface area contributed by atoms with Crippen LogP contribution in [0.3, 0.4) is 0 Å². The maximum atomic E-state index is 4.44. The summed E-state index contributed by atoms with van der Waals surface area (Å²) in [5, 5.41) is 7.59. The third-order valence-corrected chi connectivity index (χ3v) is 2.74. The number of nitrogens with zero attached hydrogens (tertiary/aromatic N) is 3. The summed E-state index contributed by atoms with van der Waals surface area (Å²) in [4.78, 5) is 8.52. The van der Waals surface area contributed by atoms with Crippen molar-refractivity contribution in [2.45, 2.75) is 4.90 Å². The molecule has 1 N–H and O–H groups in total. The van der Waals surface area contributed by atoms with Crippen molar-refractivity contribution >= 4 is 23.7 Å². The van der Waals surface area contributed by atoms with Crippen molar-refractivity contribution in [3.8, 4) is 11.4 Å². The fourth-order valence-corrected chi connectivity index (χ4v) is 1.84. The molecule has 3 aromatic rings. The molecule has 5 heteroatoms. The molecule has 4 nitrogen and oxygen atoms in total. The second-order valence-electron chi connectivity index (χ2n) is 3.39. The zero-order chi connectivity index (χ0) is 11.0. The predicted molar refractivity (Wildman–Crippen MR) is 64.4 cm³/mol. The van der Waals surface area contributed by atoms with Crippen molar-refractivity contribution in [1.29, 1.82) is 0 Å². The third-order valence-electron chi connectivity index (χ3n) is 2.35. The minimum absolute atomic E-state index is 0.787. The number of thiol groups is 1. The highest BCUT2D eigenvalue weighted by molar-refractivity contribution is 7.80. The zero-order valence-corrected chi connectivity index (χ0v) is 9.15.